The van der Waals surface area contributed by atoms with Gasteiger partial charge in [-0.05, 0) is 37.6 Å². The van der Waals surface area contributed by atoms with Gasteiger partial charge in [-0.15, -0.1) is 0 Å². The van der Waals surface area contributed by atoms with Crippen LogP contribution in [0.1, 0.15) is 26.0 Å². The Morgan fingerprint density at radius 3 is 2.85 bits per heavy atom. The molecule has 1 fully saturated rings. The molecule has 1 aromatic carbocycles. The van der Waals surface area contributed by atoms with Gasteiger partial charge in [-0.2, -0.15) is 0 Å². The molecule has 0 bridgehead atoms. The second-order valence-electron chi connectivity index (χ2n) is 6.73. The van der Waals surface area contributed by atoms with E-state index in [0.717, 1.165) is 22.3 Å². The lowest BCUT2D eigenvalue weighted by atomic mass is 10.1. The normalized spacial score (nSPS) is 20.3. The molecule has 2 amide bonds. The fourth-order valence-corrected chi connectivity index (χ4v) is 3.42. The average molecular weight is 355 g/mol. The molecule has 4 N–H and O–H groups in total. The zero-order chi connectivity index (χ0) is 18.7. The van der Waals surface area contributed by atoms with Crippen LogP contribution in [0.2, 0.25) is 0 Å². The van der Waals surface area contributed by atoms with Gasteiger partial charge in [0.15, 0.2) is 0 Å². The van der Waals surface area contributed by atoms with E-state index < -0.39 is 0 Å². The van der Waals surface area contributed by atoms with E-state index in [4.69, 9.17) is 10.7 Å². The highest BCUT2D eigenvalue weighted by molar-refractivity contribution is 5.92. The topological polar surface area (TPSA) is 100 Å². The number of aromatic nitrogens is 1. The molecule has 0 unspecified atom stereocenters. The Balaban J connectivity index is 1.77. The molecular weight excluding hydrogens is 330 g/mol. The van der Waals surface area contributed by atoms with Crippen LogP contribution >= 0.6 is 0 Å². The van der Waals surface area contributed by atoms with Gasteiger partial charge in [-0.3, -0.25) is 19.5 Å². The highest BCUT2D eigenvalue weighted by Crippen LogP contribution is 2.22. The van der Waals surface area contributed by atoms with Gasteiger partial charge in [0.1, 0.15) is 0 Å². The quantitative estimate of drug-likeness (QED) is 0.749. The van der Waals surface area contributed by atoms with Crippen molar-refractivity contribution in [1.82, 2.24) is 15.2 Å². The first-order chi connectivity index (χ1) is 12.5. The predicted molar refractivity (Wildman–Crippen MR) is 102 cm³/mol. The van der Waals surface area contributed by atoms with Crippen molar-refractivity contribution in [2.24, 2.45) is 5.73 Å². The number of pyridine rings is 1. The molecule has 7 heteroatoms. The number of nitrogens with zero attached hydrogens (tertiary/aromatic N) is 2. The highest BCUT2D eigenvalue weighted by atomic mass is 16.2. The Morgan fingerprint density at radius 1 is 1.31 bits per heavy atom. The molecular formula is C19H25N5O2. The van der Waals surface area contributed by atoms with Crippen molar-refractivity contribution < 1.29 is 9.59 Å². The zero-order valence-electron chi connectivity index (χ0n) is 15.2. The van der Waals surface area contributed by atoms with E-state index in [-0.39, 0.29) is 23.9 Å². The summed E-state index contributed by atoms with van der Waals surface area (Å²) in [6.07, 6.45) is 0.666. The van der Waals surface area contributed by atoms with Gasteiger partial charge in [0.2, 0.25) is 11.8 Å². The smallest absolute Gasteiger partial charge is 0.237 e. The fraction of sp³-hybridized carbons (Fsp3) is 0.421. The molecule has 138 valence electrons. The van der Waals surface area contributed by atoms with Crippen LogP contribution < -0.4 is 16.4 Å². The van der Waals surface area contributed by atoms with Crippen molar-refractivity contribution in [2.45, 2.75) is 38.9 Å². The Hall–Kier alpha value is -2.51. The van der Waals surface area contributed by atoms with Gasteiger partial charge in [0.25, 0.3) is 0 Å². The molecule has 0 spiro atoms. The van der Waals surface area contributed by atoms with E-state index in [1.807, 2.05) is 37.3 Å². The van der Waals surface area contributed by atoms with Crippen molar-refractivity contribution in [2.75, 3.05) is 18.4 Å². The third-order valence-corrected chi connectivity index (χ3v) is 4.52. The van der Waals surface area contributed by atoms with Crippen LogP contribution in [0.25, 0.3) is 10.9 Å². The number of benzene rings is 1. The number of likely N-dealkylation sites (N-methyl/N-ethyl adjacent to an activating group) is 1. The van der Waals surface area contributed by atoms with Crippen LogP contribution in [-0.4, -0.2) is 46.9 Å². The lowest BCUT2D eigenvalue weighted by Crippen LogP contribution is -2.42. The largest absolute Gasteiger partial charge is 0.355 e. The van der Waals surface area contributed by atoms with E-state index >= 15 is 0 Å². The van der Waals surface area contributed by atoms with Gasteiger partial charge < -0.3 is 16.4 Å². The molecule has 1 aliphatic rings. The molecule has 3 rings (SSSR count). The van der Waals surface area contributed by atoms with Gasteiger partial charge >= 0.3 is 0 Å². The summed E-state index contributed by atoms with van der Waals surface area (Å²) in [4.78, 5) is 30.2. The SMILES string of the molecule is CCNC(=O)[C@@H]1C[C@@H](N)CN1Cc1ccc2cc(NC(C)=O)ccc2n1. The van der Waals surface area contributed by atoms with Crippen molar-refractivity contribution in [3.8, 4) is 0 Å². The summed E-state index contributed by atoms with van der Waals surface area (Å²) < 4.78 is 0. The number of anilines is 1. The number of nitrogens with two attached hydrogens (primary N) is 1. The summed E-state index contributed by atoms with van der Waals surface area (Å²) in [5.41, 5.74) is 8.58. The molecule has 2 atom stereocenters. The van der Waals surface area contributed by atoms with E-state index in [2.05, 4.69) is 15.5 Å². The zero-order valence-corrected chi connectivity index (χ0v) is 15.2. The summed E-state index contributed by atoms with van der Waals surface area (Å²) in [5.74, 6) is -0.0723. The number of amides is 2. The maximum absolute atomic E-state index is 12.3. The van der Waals surface area contributed by atoms with Crippen molar-refractivity contribution >= 4 is 28.4 Å². The maximum atomic E-state index is 12.3. The third-order valence-electron chi connectivity index (χ3n) is 4.52. The van der Waals surface area contributed by atoms with Gasteiger partial charge in [-0.1, -0.05) is 6.07 Å². The molecule has 1 aliphatic heterocycles. The molecule has 0 radical (unpaired) electrons. The predicted octanol–water partition coefficient (Wildman–Crippen LogP) is 1.23. The number of nitrogens with one attached hydrogen (secondary N) is 2. The monoisotopic (exact) mass is 355 g/mol. The number of rotatable bonds is 5. The Morgan fingerprint density at radius 2 is 2.12 bits per heavy atom. The second kappa shape index (κ2) is 7.80. The molecule has 1 saturated heterocycles. The van der Waals surface area contributed by atoms with Gasteiger partial charge in [-0.25, -0.2) is 0 Å². The minimum atomic E-state index is -0.204. The van der Waals surface area contributed by atoms with Crippen molar-refractivity contribution in [1.29, 1.82) is 0 Å². The number of hydrogen-bond acceptors (Lipinski definition) is 5. The van der Waals surface area contributed by atoms with Crippen LogP contribution in [-0.2, 0) is 16.1 Å². The fourth-order valence-electron chi connectivity index (χ4n) is 3.42. The maximum Gasteiger partial charge on any atom is 0.237 e. The van der Waals surface area contributed by atoms with Gasteiger partial charge in [0, 0.05) is 43.7 Å². The first-order valence-corrected chi connectivity index (χ1v) is 8.91. The average Bonchev–Trinajstić information content (AvgIpc) is 2.95. The van der Waals surface area contributed by atoms with Crippen LogP contribution in [0.4, 0.5) is 5.69 Å². The number of hydrogen-bond donors (Lipinski definition) is 3. The molecule has 2 heterocycles. The number of carbonyl (C=O) groups is 2. The lowest BCUT2D eigenvalue weighted by molar-refractivity contribution is -0.125. The van der Waals surface area contributed by atoms with Crippen LogP contribution in [0.5, 0.6) is 0 Å². The summed E-state index contributed by atoms with van der Waals surface area (Å²) in [7, 11) is 0. The van der Waals surface area contributed by atoms with Crippen molar-refractivity contribution in [3.63, 3.8) is 0 Å². The van der Waals surface area contributed by atoms with E-state index in [9.17, 15) is 9.59 Å². The Kier molecular flexibility index (Phi) is 5.49. The summed E-state index contributed by atoms with van der Waals surface area (Å²) in [6, 6.07) is 9.37. The first-order valence-electron chi connectivity index (χ1n) is 8.91. The number of carbonyl (C=O) groups excluding carboxylic acids is 2. The number of fused-ring (bicyclic) bond motifs is 1. The summed E-state index contributed by atoms with van der Waals surface area (Å²) in [6.45, 7) is 5.28. The van der Waals surface area contributed by atoms with E-state index in [0.29, 0.717) is 26.1 Å². The molecule has 26 heavy (non-hydrogen) atoms. The third kappa shape index (κ3) is 4.17. The van der Waals surface area contributed by atoms with E-state index in [1.165, 1.54) is 6.92 Å². The lowest BCUT2D eigenvalue weighted by Gasteiger charge is -2.23. The molecule has 0 saturated carbocycles. The standard InChI is InChI=1S/C19H25N5O2/c1-3-21-19(26)18-9-14(20)10-24(18)11-16-5-4-13-8-15(22-12(2)25)6-7-17(13)23-16/h4-8,14,18H,3,9-11,20H2,1-2H3,(H,21,26)(H,22,25)/t14-,18+/m1/s1. The van der Waals surface area contributed by atoms with Crippen LogP contribution in [0.3, 0.4) is 0 Å². The van der Waals surface area contributed by atoms with Crippen LogP contribution in [0, 0.1) is 0 Å². The summed E-state index contributed by atoms with van der Waals surface area (Å²) >= 11 is 0. The molecule has 2 aromatic rings. The minimum Gasteiger partial charge on any atom is -0.355 e. The highest BCUT2D eigenvalue weighted by Gasteiger charge is 2.34. The Bertz CT molecular complexity index is 823. The van der Waals surface area contributed by atoms with Gasteiger partial charge in [0.05, 0.1) is 17.3 Å². The second-order valence-corrected chi connectivity index (χ2v) is 6.73. The van der Waals surface area contributed by atoms with Crippen molar-refractivity contribution in [3.05, 3.63) is 36.0 Å². The van der Waals surface area contributed by atoms with Crippen LogP contribution in [0.15, 0.2) is 30.3 Å². The minimum absolute atomic E-state index is 0.00303. The Labute approximate surface area is 152 Å². The van der Waals surface area contributed by atoms with E-state index in [1.54, 1.807) is 0 Å². The number of likely N-dealkylation sites (tertiary alicyclic amines) is 1. The molecule has 0 aliphatic carbocycles. The summed E-state index contributed by atoms with van der Waals surface area (Å²) in [5, 5.41) is 6.61. The molecule has 1 aromatic heterocycles. The first kappa shape index (κ1) is 18.3. The molecule has 7 nitrogen and oxygen atoms in total.